The molecule has 1 rings (SSSR count). The second-order valence-corrected chi connectivity index (χ2v) is 16.5. The van der Waals surface area contributed by atoms with Crippen molar-refractivity contribution in [3.8, 4) is 0 Å². The lowest BCUT2D eigenvalue weighted by Gasteiger charge is -2.31. The molecule has 21 heavy (non-hydrogen) atoms. The fourth-order valence-electron chi connectivity index (χ4n) is 2.31. The van der Waals surface area contributed by atoms with Crippen LogP contribution in [-0.4, -0.2) is 23.7 Å². The summed E-state index contributed by atoms with van der Waals surface area (Å²) >= 11 is 0. The standard InChI is InChI=1S/C16H32O3Si2/c1-9-13-10-11-14(15(12-13)18-20(3,4)5)16(17-2)19-21(6,7)8/h12-13H,9-11H2,1-8H3/b16-14+. The summed E-state index contributed by atoms with van der Waals surface area (Å²) in [5.41, 5.74) is 1.12. The molecule has 0 fully saturated rings. The molecule has 1 aliphatic rings. The molecule has 0 heterocycles. The molecule has 3 nitrogen and oxygen atoms in total. The van der Waals surface area contributed by atoms with Gasteiger partial charge in [-0.1, -0.05) is 6.92 Å². The summed E-state index contributed by atoms with van der Waals surface area (Å²) in [7, 11) is -1.65. The molecular weight excluding hydrogens is 296 g/mol. The third kappa shape index (κ3) is 6.30. The van der Waals surface area contributed by atoms with Gasteiger partial charge in [0, 0.05) is 0 Å². The minimum Gasteiger partial charge on any atom is -0.544 e. The molecule has 1 atom stereocenters. The van der Waals surface area contributed by atoms with Gasteiger partial charge in [0.2, 0.25) is 16.6 Å². The van der Waals surface area contributed by atoms with Crippen LogP contribution >= 0.6 is 0 Å². The summed E-state index contributed by atoms with van der Waals surface area (Å²) in [6.07, 6.45) is 5.56. The van der Waals surface area contributed by atoms with E-state index in [0.29, 0.717) is 11.9 Å². The van der Waals surface area contributed by atoms with E-state index in [1.54, 1.807) is 7.11 Å². The Morgan fingerprint density at radius 1 is 1.14 bits per heavy atom. The van der Waals surface area contributed by atoms with Gasteiger partial charge in [-0.05, 0) is 70.5 Å². The van der Waals surface area contributed by atoms with Crippen molar-refractivity contribution in [2.45, 2.75) is 65.5 Å². The van der Waals surface area contributed by atoms with Gasteiger partial charge in [-0.15, -0.1) is 0 Å². The first-order valence-corrected chi connectivity index (χ1v) is 14.7. The van der Waals surface area contributed by atoms with Crippen LogP contribution in [0.2, 0.25) is 39.3 Å². The molecule has 5 heteroatoms. The van der Waals surface area contributed by atoms with E-state index >= 15 is 0 Å². The predicted octanol–water partition coefficient (Wildman–Crippen LogP) is 5.25. The summed E-state index contributed by atoms with van der Waals surface area (Å²) in [4.78, 5) is 0. The summed E-state index contributed by atoms with van der Waals surface area (Å²) in [5.74, 6) is 2.28. The quantitative estimate of drug-likeness (QED) is 0.492. The van der Waals surface area contributed by atoms with Gasteiger partial charge < -0.3 is 13.6 Å². The van der Waals surface area contributed by atoms with Gasteiger partial charge in [-0.25, -0.2) is 0 Å². The highest BCUT2D eigenvalue weighted by Crippen LogP contribution is 2.35. The molecule has 0 aliphatic heterocycles. The highest BCUT2D eigenvalue weighted by Gasteiger charge is 2.29. The lowest BCUT2D eigenvalue weighted by molar-refractivity contribution is 0.138. The lowest BCUT2D eigenvalue weighted by Crippen LogP contribution is -2.29. The van der Waals surface area contributed by atoms with Gasteiger partial charge in [0.15, 0.2) is 0 Å². The normalized spacial score (nSPS) is 22.5. The average Bonchev–Trinajstić information content (AvgIpc) is 2.33. The maximum absolute atomic E-state index is 6.32. The summed E-state index contributed by atoms with van der Waals surface area (Å²) in [6, 6.07) is 0. The van der Waals surface area contributed by atoms with E-state index in [2.05, 4.69) is 52.3 Å². The smallest absolute Gasteiger partial charge is 0.272 e. The van der Waals surface area contributed by atoms with Crippen LogP contribution in [0.15, 0.2) is 23.4 Å². The number of methoxy groups -OCH3 is 1. The lowest BCUT2D eigenvalue weighted by atomic mass is 9.90. The first-order valence-electron chi connectivity index (χ1n) is 7.93. The largest absolute Gasteiger partial charge is 0.544 e. The molecule has 0 bridgehead atoms. The Kier molecular flexibility index (Phi) is 6.16. The van der Waals surface area contributed by atoms with Crippen molar-refractivity contribution in [2.75, 3.05) is 7.11 Å². The van der Waals surface area contributed by atoms with Crippen LogP contribution in [0.4, 0.5) is 0 Å². The van der Waals surface area contributed by atoms with Crippen molar-refractivity contribution in [3.05, 3.63) is 23.4 Å². The molecule has 0 saturated heterocycles. The van der Waals surface area contributed by atoms with Gasteiger partial charge in [0.25, 0.3) is 5.95 Å². The zero-order valence-corrected chi connectivity index (χ0v) is 17.0. The highest BCUT2D eigenvalue weighted by atomic mass is 28.4. The SMILES string of the molecule is CCC1C=C(O[Si](C)(C)C)/C(=C(\OC)O[Si](C)(C)C)CC1. The number of hydrogen-bond acceptors (Lipinski definition) is 3. The van der Waals surface area contributed by atoms with Crippen molar-refractivity contribution in [2.24, 2.45) is 5.92 Å². The molecule has 0 spiro atoms. The fraction of sp³-hybridized carbons (Fsp3) is 0.750. The van der Waals surface area contributed by atoms with E-state index < -0.39 is 16.6 Å². The van der Waals surface area contributed by atoms with Crippen molar-refractivity contribution >= 4 is 16.6 Å². The number of rotatable bonds is 6. The maximum Gasteiger partial charge on any atom is 0.272 e. The molecule has 0 aromatic carbocycles. The van der Waals surface area contributed by atoms with Crippen LogP contribution in [0.5, 0.6) is 0 Å². The summed E-state index contributed by atoms with van der Waals surface area (Å²) < 4.78 is 18.0. The zero-order chi connectivity index (χ0) is 16.3. The van der Waals surface area contributed by atoms with E-state index in [-0.39, 0.29) is 0 Å². The first-order chi connectivity index (χ1) is 9.55. The van der Waals surface area contributed by atoms with Crippen LogP contribution in [0.1, 0.15) is 26.2 Å². The Balaban J connectivity index is 3.16. The van der Waals surface area contributed by atoms with Gasteiger partial charge in [-0.2, -0.15) is 0 Å². The molecule has 0 aromatic rings. The Hall–Kier alpha value is -0.686. The fourth-order valence-corrected chi connectivity index (χ4v) is 3.92. The summed E-state index contributed by atoms with van der Waals surface area (Å²) in [6.45, 7) is 15.4. The van der Waals surface area contributed by atoms with Gasteiger partial charge in [-0.3, -0.25) is 0 Å². The molecule has 1 unspecified atom stereocenters. The van der Waals surface area contributed by atoms with E-state index in [0.717, 1.165) is 30.6 Å². The third-order valence-corrected chi connectivity index (χ3v) is 4.85. The monoisotopic (exact) mass is 328 g/mol. The maximum atomic E-state index is 6.32. The number of allylic oxidation sites excluding steroid dienone is 2. The van der Waals surface area contributed by atoms with Gasteiger partial charge in [0.05, 0.1) is 12.7 Å². The molecular formula is C16H32O3Si2. The molecule has 0 saturated carbocycles. The van der Waals surface area contributed by atoms with E-state index in [1.807, 2.05) is 0 Å². The Morgan fingerprint density at radius 2 is 1.76 bits per heavy atom. The van der Waals surface area contributed by atoms with Crippen LogP contribution in [0.25, 0.3) is 0 Å². The minimum atomic E-state index is -1.69. The van der Waals surface area contributed by atoms with Crippen LogP contribution in [-0.2, 0) is 13.6 Å². The van der Waals surface area contributed by atoms with Crippen LogP contribution in [0.3, 0.4) is 0 Å². The number of hydrogen-bond donors (Lipinski definition) is 0. The van der Waals surface area contributed by atoms with E-state index in [1.165, 1.54) is 0 Å². The summed E-state index contributed by atoms with van der Waals surface area (Å²) in [5, 5.41) is 0. The number of ether oxygens (including phenoxy) is 1. The molecule has 0 aromatic heterocycles. The predicted molar refractivity (Wildman–Crippen MR) is 94.0 cm³/mol. The van der Waals surface area contributed by atoms with Crippen LogP contribution in [0, 0.1) is 5.92 Å². The van der Waals surface area contributed by atoms with Gasteiger partial charge >= 0.3 is 0 Å². The topological polar surface area (TPSA) is 27.7 Å². The second-order valence-electron chi connectivity index (χ2n) is 7.64. The Morgan fingerprint density at radius 3 is 2.19 bits per heavy atom. The second kappa shape index (κ2) is 7.05. The van der Waals surface area contributed by atoms with Gasteiger partial charge in [0.1, 0.15) is 5.76 Å². The molecule has 0 radical (unpaired) electrons. The van der Waals surface area contributed by atoms with Crippen molar-refractivity contribution in [1.82, 2.24) is 0 Å². The Labute approximate surface area is 132 Å². The first kappa shape index (κ1) is 18.4. The molecule has 0 N–H and O–H groups in total. The molecule has 122 valence electrons. The molecule has 1 aliphatic carbocycles. The van der Waals surface area contributed by atoms with Crippen molar-refractivity contribution in [3.63, 3.8) is 0 Å². The van der Waals surface area contributed by atoms with Crippen LogP contribution < -0.4 is 0 Å². The zero-order valence-electron chi connectivity index (χ0n) is 15.0. The molecule has 0 amide bonds. The van der Waals surface area contributed by atoms with E-state index in [9.17, 15) is 0 Å². The van der Waals surface area contributed by atoms with E-state index in [4.69, 9.17) is 13.6 Å². The van der Waals surface area contributed by atoms with Crippen molar-refractivity contribution < 1.29 is 13.6 Å². The minimum absolute atomic E-state index is 0.602. The Bertz CT molecular complexity index is 414. The highest BCUT2D eigenvalue weighted by molar-refractivity contribution is 6.70. The van der Waals surface area contributed by atoms with Crippen molar-refractivity contribution in [1.29, 1.82) is 0 Å². The third-order valence-electron chi connectivity index (χ3n) is 3.22. The average molecular weight is 329 g/mol.